The van der Waals surface area contributed by atoms with Crippen LogP contribution >= 0.6 is 11.6 Å². The average Bonchev–Trinajstić information content (AvgIpc) is 2.71. The first-order valence-electron chi connectivity index (χ1n) is 4.85. The van der Waals surface area contributed by atoms with Gasteiger partial charge in [-0.3, -0.25) is 5.10 Å². The normalized spacial score (nSPS) is 10.4. The van der Waals surface area contributed by atoms with Gasteiger partial charge in [0.2, 0.25) is 0 Å². The number of benzene rings is 1. The fourth-order valence-corrected chi connectivity index (χ4v) is 1.75. The summed E-state index contributed by atoms with van der Waals surface area (Å²) in [7, 11) is 1.34. The minimum absolute atomic E-state index is 0.0669. The first-order chi connectivity index (χ1) is 8.54. The van der Waals surface area contributed by atoms with Gasteiger partial charge in [-0.1, -0.05) is 11.6 Å². The van der Waals surface area contributed by atoms with Gasteiger partial charge >= 0.3 is 5.97 Å². The third kappa shape index (κ3) is 2.02. The van der Waals surface area contributed by atoms with E-state index in [1.54, 1.807) is 0 Å². The zero-order valence-electron chi connectivity index (χ0n) is 9.20. The highest BCUT2D eigenvalue weighted by molar-refractivity contribution is 6.33. The molecule has 0 aliphatic carbocycles. The summed E-state index contributed by atoms with van der Waals surface area (Å²) in [6.07, 6.45) is 0. The summed E-state index contributed by atoms with van der Waals surface area (Å²) in [6.45, 7) is 0. The molecule has 0 amide bonds. The molecule has 0 spiro atoms. The molecule has 7 heteroatoms. The van der Waals surface area contributed by atoms with Crippen LogP contribution in [-0.4, -0.2) is 28.4 Å². The molecule has 94 valence electrons. The topological polar surface area (TPSA) is 75.2 Å². The van der Waals surface area contributed by atoms with Crippen molar-refractivity contribution in [1.82, 2.24) is 10.2 Å². The Hall–Kier alpha value is -2.08. The fourth-order valence-electron chi connectivity index (χ4n) is 1.54. The number of carboxylic acid groups (broad SMARTS) is 1. The van der Waals surface area contributed by atoms with E-state index in [1.165, 1.54) is 19.2 Å². The molecule has 2 rings (SSSR count). The van der Waals surface area contributed by atoms with Crippen LogP contribution in [0.25, 0.3) is 11.3 Å². The van der Waals surface area contributed by atoms with E-state index in [4.69, 9.17) is 21.4 Å². The number of hydrogen-bond donors (Lipinski definition) is 2. The van der Waals surface area contributed by atoms with Crippen molar-refractivity contribution in [3.63, 3.8) is 0 Å². The fraction of sp³-hybridized carbons (Fsp3) is 0.0909. The van der Waals surface area contributed by atoms with Crippen LogP contribution in [0.4, 0.5) is 4.39 Å². The Morgan fingerprint density at radius 2 is 2.28 bits per heavy atom. The molecule has 0 unspecified atom stereocenters. The van der Waals surface area contributed by atoms with Gasteiger partial charge in [0.15, 0.2) is 11.6 Å². The highest BCUT2D eigenvalue weighted by Gasteiger charge is 2.20. The first-order valence-corrected chi connectivity index (χ1v) is 5.23. The number of hydrogen-bond acceptors (Lipinski definition) is 3. The standard InChI is InChI=1S/C11H8ClFN2O3/c1-18-7-3-2-5(4-6(7)13)9-8(11(16)17)10(12)15-14-9/h2-4H,1H3,(H,14,15)(H,16,17). The largest absolute Gasteiger partial charge is 0.494 e. The molecule has 0 radical (unpaired) electrons. The predicted octanol–water partition coefficient (Wildman–Crippen LogP) is 2.58. The van der Waals surface area contributed by atoms with Crippen LogP contribution in [0.1, 0.15) is 10.4 Å². The van der Waals surface area contributed by atoms with E-state index in [0.717, 1.165) is 6.07 Å². The summed E-state index contributed by atoms with van der Waals surface area (Å²) in [4.78, 5) is 11.0. The molecule has 0 aliphatic heterocycles. The Bertz CT molecular complexity index is 612. The van der Waals surface area contributed by atoms with Crippen LogP contribution in [0.5, 0.6) is 5.75 Å². The molecule has 0 fully saturated rings. The third-order valence-electron chi connectivity index (χ3n) is 2.36. The van der Waals surface area contributed by atoms with Crippen molar-refractivity contribution in [2.45, 2.75) is 0 Å². The predicted molar refractivity (Wildman–Crippen MR) is 62.5 cm³/mol. The van der Waals surface area contributed by atoms with E-state index >= 15 is 0 Å². The molecule has 2 aromatic rings. The van der Waals surface area contributed by atoms with Gasteiger partial charge in [0.25, 0.3) is 0 Å². The number of carboxylic acids is 1. The molecule has 5 nitrogen and oxygen atoms in total. The van der Waals surface area contributed by atoms with Gasteiger partial charge in [-0.2, -0.15) is 5.10 Å². The van der Waals surface area contributed by atoms with E-state index in [9.17, 15) is 9.18 Å². The third-order valence-corrected chi connectivity index (χ3v) is 2.63. The van der Waals surface area contributed by atoms with Gasteiger partial charge in [-0.25, -0.2) is 9.18 Å². The minimum atomic E-state index is -1.24. The number of nitrogens with zero attached hydrogens (tertiary/aromatic N) is 1. The molecular weight excluding hydrogens is 263 g/mol. The summed E-state index contributed by atoms with van der Waals surface area (Å²) in [5.41, 5.74) is 0.184. The number of aromatic nitrogens is 2. The molecule has 1 aromatic carbocycles. The SMILES string of the molecule is COc1ccc(-c2n[nH]c(Cl)c2C(=O)O)cc1F. The monoisotopic (exact) mass is 270 g/mol. The van der Waals surface area contributed by atoms with E-state index in [0.29, 0.717) is 5.56 Å². The van der Waals surface area contributed by atoms with Crippen LogP contribution in [-0.2, 0) is 0 Å². The van der Waals surface area contributed by atoms with Crippen molar-refractivity contribution in [2.24, 2.45) is 0 Å². The van der Waals surface area contributed by atoms with E-state index in [1.807, 2.05) is 0 Å². The molecule has 0 aliphatic rings. The summed E-state index contributed by atoms with van der Waals surface area (Å²) in [6, 6.07) is 4.03. The second-order valence-electron chi connectivity index (χ2n) is 3.42. The number of nitrogens with one attached hydrogen (secondary N) is 1. The lowest BCUT2D eigenvalue weighted by atomic mass is 10.1. The summed E-state index contributed by atoms with van der Waals surface area (Å²) in [5, 5.41) is 15.0. The lowest BCUT2D eigenvalue weighted by Crippen LogP contribution is -1.98. The Kier molecular flexibility index (Phi) is 3.20. The maximum atomic E-state index is 13.5. The number of aromatic amines is 1. The first kappa shape index (κ1) is 12.4. The molecule has 0 atom stereocenters. The molecule has 0 bridgehead atoms. The van der Waals surface area contributed by atoms with E-state index in [-0.39, 0.29) is 22.2 Å². The Morgan fingerprint density at radius 3 is 2.83 bits per heavy atom. The number of H-pyrrole nitrogens is 1. The molecule has 1 heterocycles. The van der Waals surface area contributed by atoms with Crippen LogP contribution in [0.15, 0.2) is 18.2 Å². The number of rotatable bonds is 3. The van der Waals surface area contributed by atoms with Crippen molar-refractivity contribution >= 4 is 17.6 Å². The molecule has 2 N–H and O–H groups in total. The maximum absolute atomic E-state index is 13.5. The minimum Gasteiger partial charge on any atom is -0.494 e. The smallest absolute Gasteiger partial charge is 0.341 e. The van der Waals surface area contributed by atoms with Gasteiger partial charge in [0.05, 0.1) is 7.11 Å². The Morgan fingerprint density at radius 1 is 1.56 bits per heavy atom. The molecule has 0 saturated carbocycles. The number of ether oxygens (including phenoxy) is 1. The molecule has 18 heavy (non-hydrogen) atoms. The summed E-state index contributed by atoms with van der Waals surface area (Å²) >= 11 is 5.67. The number of methoxy groups -OCH3 is 1. The summed E-state index contributed by atoms with van der Waals surface area (Å²) < 4.78 is 18.3. The maximum Gasteiger partial charge on any atom is 0.341 e. The van der Waals surface area contributed by atoms with Crippen molar-refractivity contribution < 1.29 is 19.0 Å². The zero-order chi connectivity index (χ0) is 13.3. The van der Waals surface area contributed by atoms with Crippen LogP contribution in [0.2, 0.25) is 5.15 Å². The molecular formula is C11H8ClFN2O3. The van der Waals surface area contributed by atoms with Crippen LogP contribution in [0, 0.1) is 5.82 Å². The lowest BCUT2D eigenvalue weighted by molar-refractivity contribution is 0.0698. The Labute approximate surface area is 106 Å². The van der Waals surface area contributed by atoms with Crippen molar-refractivity contribution in [3.8, 4) is 17.0 Å². The van der Waals surface area contributed by atoms with Gasteiger partial charge in [0, 0.05) is 5.56 Å². The highest BCUT2D eigenvalue weighted by Crippen LogP contribution is 2.29. The van der Waals surface area contributed by atoms with Crippen molar-refractivity contribution in [1.29, 1.82) is 0 Å². The van der Waals surface area contributed by atoms with Crippen LogP contribution in [0.3, 0.4) is 0 Å². The highest BCUT2D eigenvalue weighted by atomic mass is 35.5. The second kappa shape index (κ2) is 4.66. The van der Waals surface area contributed by atoms with Gasteiger partial charge in [0.1, 0.15) is 16.4 Å². The van der Waals surface area contributed by atoms with Crippen molar-refractivity contribution in [3.05, 3.63) is 34.7 Å². The van der Waals surface area contributed by atoms with Gasteiger partial charge < -0.3 is 9.84 Å². The Balaban J connectivity index is 2.56. The lowest BCUT2D eigenvalue weighted by Gasteiger charge is -2.04. The molecule has 0 saturated heterocycles. The van der Waals surface area contributed by atoms with Crippen molar-refractivity contribution in [2.75, 3.05) is 7.11 Å². The number of halogens is 2. The second-order valence-corrected chi connectivity index (χ2v) is 3.79. The van der Waals surface area contributed by atoms with Gasteiger partial charge in [-0.15, -0.1) is 0 Å². The number of aromatic carboxylic acids is 1. The van der Waals surface area contributed by atoms with E-state index < -0.39 is 11.8 Å². The van der Waals surface area contributed by atoms with Gasteiger partial charge in [-0.05, 0) is 18.2 Å². The average molecular weight is 271 g/mol. The quantitative estimate of drug-likeness (QED) is 0.899. The number of carbonyl (C=O) groups is 1. The molecule has 1 aromatic heterocycles. The van der Waals surface area contributed by atoms with E-state index in [2.05, 4.69) is 10.2 Å². The summed E-state index contributed by atoms with van der Waals surface area (Å²) in [5.74, 6) is -1.78. The zero-order valence-corrected chi connectivity index (χ0v) is 9.95. The van der Waals surface area contributed by atoms with Crippen LogP contribution < -0.4 is 4.74 Å².